The highest BCUT2D eigenvalue weighted by Gasteiger charge is 2.25. The zero-order chi connectivity index (χ0) is 12.3. The minimum absolute atomic E-state index is 0.00292. The number of rotatable bonds is 3. The third-order valence-corrected chi connectivity index (χ3v) is 3.86. The highest BCUT2D eigenvalue weighted by Crippen LogP contribution is 2.07. The van der Waals surface area contributed by atoms with Crippen LogP contribution in [0.4, 0.5) is 0 Å². The van der Waals surface area contributed by atoms with Crippen molar-refractivity contribution < 1.29 is 13.2 Å². The van der Waals surface area contributed by atoms with Gasteiger partial charge in [-0.15, -0.1) is 0 Å². The topological polar surface area (TPSA) is 83.7 Å². The molecule has 6 nitrogen and oxygen atoms in total. The first-order chi connectivity index (χ1) is 7.30. The summed E-state index contributed by atoms with van der Waals surface area (Å²) in [6, 6.07) is -0.152. The number of carbonyl (C=O) groups is 1. The van der Waals surface area contributed by atoms with E-state index in [-0.39, 0.29) is 11.9 Å². The van der Waals surface area contributed by atoms with Crippen molar-refractivity contribution in [3.05, 3.63) is 0 Å². The highest BCUT2D eigenvalue weighted by atomic mass is 32.2. The Morgan fingerprint density at radius 2 is 1.81 bits per heavy atom. The minimum Gasteiger partial charge on any atom is -0.340 e. The quantitative estimate of drug-likeness (QED) is 0.683. The maximum Gasteiger partial charge on any atom is 0.224 e. The maximum absolute atomic E-state index is 11.6. The second-order valence-electron chi connectivity index (χ2n) is 4.22. The first-order valence-electron chi connectivity index (χ1n) is 5.29. The summed E-state index contributed by atoms with van der Waals surface area (Å²) in [6.07, 6.45) is 1.51. The van der Waals surface area contributed by atoms with E-state index in [0.717, 1.165) is 0 Å². The molecule has 0 aromatic heterocycles. The maximum atomic E-state index is 11.6. The summed E-state index contributed by atoms with van der Waals surface area (Å²) < 4.78 is 23.9. The fourth-order valence-electron chi connectivity index (χ4n) is 1.67. The molecule has 16 heavy (non-hydrogen) atoms. The summed E-state index contributed by atoms with van der Waals surface area (Å²) in [5, 5.41) is 0. The van der Waals surface area contributed by atoms with E-state index in [9.17, 15) is 13.2 Å². The molecule has 0 aliphatic carbocycles. The monoisotopic (exact) mass is 249 g/mol. The van der Waals surface area contributed by atoms with Crippen LogP contribution in [0.25, 0.3) is 0 Å². The number of nitrogens with two attached hydrogens (primary N) is 1. The molecule has 0 spiro atoms. The molecule has 1 aliphatic heterocycles. The highest BCUT2D eigenvalue weighted by molar-refractivity contribution is 7.88. The lowest BCUT2D eigenvalue weighted by atomic mass is 10.2. The van der Waals surface area contributed by atoms with Gasteiger partial charge in [-0.2, -0.15) is 4.31 Å². The van der Waals surface area contributed by atoms with Gasteiger partial charge >= 0.3 is 0 Å². The second-order valence-corrected chi connectivity index (χ2v) is 6.21. The zero-order valence-electron chi connectivity index (χ0n) is 9.72. The number of sulfonamides is 1. The molecule has 94 valence electrons. The molecule has 1 saturated heterocycles. The van der Waals surface area contributed by atoms with Gasteiger partial charge in [-0.25, -0.2) is 8.42 Å². The van der Waals surface area contributed by atoms with Gasteiger partial charge in [0.25, 0.3) is 0 Å². The van der Waals surface area contributed by atoms with Gasteiger partial charge in [-0.1, -0.05) is 0 Å². The lowest BCUT2D eigenvalue weighted by molar-refractivity contribution is -0.132. The van der Waals surface area contributed by atoms with Crippen LogP contribution in [-0.2, 0) is 14.8 Å². The molecule has 2 N–H and O–H groups in total. The van der Waals surface area contributed by atoms with Gasteiger partial charge in [0.05, 0.1) is 6.26 Å². The second kappa shape index (κ2) is 5.11. The Bertz CT molecular complexity index is 345. The van der Waals surface area contributed by atoms with E-state index in [0.29, 0.717) is 32.6 Å². The molecule has 1 atom stereocenters. The van der Waals surface area contributed by atoms with Gasteiger partial charge < -0.3 is 10.6 Å². The number of amides is 1. The fourth-order valence-corrected chi connectivity index (χ4v) is 2.50. The van der Waals surface area contributed by atoms with Crippen molar-refractivity contribution in [2.24, 2.45) is 5.73 Å². The summed E-state index contributed by atoms with van der Waals surface area (Å²) >= 11 is 0. The van der Waals surface area contributed by atoms with E-state index >= 15 is 0 Å². The summed E-state index contributed by atoms with van der Waals surface area (Å²) in [4.78, 5) is 13.3. The van der Waals surface area contributed by atoms with E-state index in [1.807, 2.05) is 0 Å². The predicted octanol–water partition coefficient (Wildman–Crippen LogP) is -1.17. The Kier molecular flexibility index (Phi) is 4.28. The molecule has 1 unspecified atom stereocenters. The van der Waals surface area contributed by atoms with E-state index < -0.39 is 10.0 Å². The molecule has 1 fully saturated rings. The summed E-state index contributed by atoms with van der Waals surface area (Å²) in [6.45, 7) is 3.45. The van der Waals surface area contributed by atoms with Crippen molar-refractivity contribution in [2.75, 3.05) is 32.4 Å². The van der Waals surface area contributed by atoms with Crippen LogP contribution in [0.15, 0.2) is 0 Å². The molecular formula is C9H19N3O3S. The molecule has 0 bridgehead atoms. The van der Waals surface area contributed by atoms with Crippen LogP contribution in [0, 0.1) is 0 Å². The third-order valence-electron chi connectivity index (χ3n) is 2.56. The molecule has 7 heteroatoms. The summed E-state index contributed by atoms with van der Waals surface area (Å²) in [5.41, 5.74) is 5.54. The Hall–Kier alpha value is -0.660. The van der Waals surface area contributed by atoms with Crippen molar-refractivity contribution >= 4 is 15.9 Å². The summed E-state index contributed by atoms with van der Waals surface area (Å²) in [5.74, 6) is 0.00292. The van der Waals surface area contributed by atoms with Crippen molar-refractivity contribution in [3.8, 4) is 0 Å². The van der Waals surface area contributed by atoms with Gasteiger partial charge in [0.15, 0.2) is 0 Å². The Morgan fingerprint density at radius 3 is 2.19 bits per heavy atom. The number of nitrogens with zero attached hydrogens (tertiary/aromatic N) is 2. The van der Waals surface area contributed by atoms with Gasteiger partial charge in [-0.3, -0.25) is 4.79 Å². The first kappa shape index (κ1) is 13.4. The Morgan fingerprint density at radius 1 is 1.31 bits per heavy atom. The van der Waals surface area contributed by atoms with Crippen LogP contribution in [0.3, 0.4) is 0 Å². The first-order valence-corrected chi connectivity index (χ1v) is 7.14. The molecule has 0 saturated carbocycles. The molecule has 1 rings (SSSR count). The number of piperazine rings is 1. The predicted molar refractivity (Wildman–Crippen MR) is 61.3 cm³/mol. The molecule has 1 amide bonds. The van der Waals surface area contributed by atoms with Crippen molar-refractivity contribution in [2.45, 2.75) is 19.4 Å². The van der Waals surface area contributed by atoms with E-state index in [1.54, 1.807) is 11.8 Å². The molecule has 1 heterocycles. The average Bonchev–Trinajstić information content (AvgIpc) is 2.15. The van der Waals surface area contributed by atoms with Gasteiger partial charge in [0.1, 0.15) is 0 Å². The van der Waals surface area contributed by atoms with E-state index in [1.165, 1.54) is 10.6 Å². The SMILES string of the molecule is CC(N)CC(=O)N1CCN(S(C)(=O)=O)CC1. The van der Waals surface area contributed by atoms with Crippen LogP contribution in [0.5, 0.6) is 0 Å². The van der Waals surface area contributed by atoms with Crippen molar-refractivity contribution in [1.29, 1.82) is 0 Å². The zero-order valence-corrected chi connectivity index (χ0v) is 10.5. The minimum atomic E-state index is -3.13. The van der Waals surface area contributed by atoms with Gasteiger partial charge in [-0.05, 0) is 6.92 Å². The van der Waals surface area contributed by atoms with E-state index in [4.69, 9.17) is 5.73 Å². The number of hydrogen-bond donors (Lipinski definition) is 1. The largest absolute Gasteiger partial charge is 0.340 e. The van der Waals surface area contributed by atoms with Crippen LogP contribution >= 0.6 is 0 Å². The Balaban J connectivity index is 2.46. The number of hydrogen-bond acceptors (Lipinski definition) is 4. The lowest BCUT2D eigenvalue weighted by Gasteiger charge is -2.33. The standard InChI is InChI=1S/C9H19N3O3S/c1-8(10)7-9(13)11-3-5-12(6-4-11)16(2,14)15/h8H,3-7,10H2,1-2H3. The third kappa shape index (κ3) is 3.73. The average molecular weight is 249 g/mol. The lowest BCUT2D eigenvalue weighted by Crippen LogP contribution is -2.50. The molecule has 1 aliphatic rings. The number of carbonyl (C=O) groups excluding carboxylic acids is 1. The van der Waals surface area contributed by atoms with Gasteiger partial charge in [0, 0.05) is 38.6 Å². The van der Waals surface area contributed by atoms with Crippen LogP contribution in [0.2, 0.25) is 0 Å². The normalized spacial score (nSPS) is 20.8. The van der Waals surface area contributed by atoms with Crippen LogP contribution in [-0.4, -0.2) is 62.0 Å². The van der Waals surface area contributed by atoms with Crippen LogP contribution < -0.4 is 5.73 Å². The van der Waals surface area contributed by atoms with Gasteiger partial charge in [0.2, 0.25) is 15.9 Å². The molecule has 0 aromatic rings. The molecule has 0 aromatic carbocycles. The Labute approximate surface area is 96.4 Å². The molecular weight excluding hydrogens is 230 g/mol. The smallest absolute Gasteiger partial charge is 0.224 e. The van der Waals surface area contributed by atoms with Crippen molar-refractivity contribution in [3.63, 3.8) is 0 Å². The van der Waals surface area contributed by atoms with Crippen LogP contribution in [0.1, 0.15) is 13.3 Å². The summed E-state index contributed by atoms with van der Waals surface area (Å²) in [7, 11) is -3.13. The van der Waals surface area contributed by atoms with E-state index in [2.05, 4.69) is 0 Å². The fraction of sp³-hybridized carbons (Fsp3) is 0.889. The van der Waals surface area contributed by atoms with Crippen molar-refractivity contribution in [1.82, 2.24) is 9.21 Å². The molecule has 0 radical (unpaired) electrons.